The van der Waals surface area contributed by atoms with Gasteiger partial charge in [0.05, 0.1) is 0 Å². The molecule has 0 aromatic carbocycles. The van der Waals surface area contributed by atoms with Crippen molar-refractivity contribution in [3.8, 4) is 0 Å². The number of hydrogen-bond acceptors (Lipinski definition) is 2. The molecule has 1 amide bonds. The Morgan fingerprint density at radius 2 is 1.81 bits per heavy atom. The molecule has 2 atom stereocenters. The average molecular weight is 235 g/mol. The van der Waals surface area contributed by atoms with Gasteiger partial charge in [-0.15, -0.1) is 0 Å². The quantitative estimate of drug-likeness (QED) is 0.749. The van der Waals surface area contributed by atoms with Crippen molar-refractivity contribution in [2.45, 2.75) is 58.0 Å². The molecule has 16 heavy (non-hydrogen) atoms. The molecular weight excluding hydrogens is 216 g/mol. The monoisotopic (exact) mass is 235 g/mol. The van der Waals surface area contributed by atoms with Crippen LogP contribution in [0.2, 0.25) is 0 Å². The summed E-state index contributed by atoms with van der Waals surface area (Å²) in [6.07, 6.45) is 0.404. The summed E-state index contributed by atoms with van der Waals surface area (Å²) in [4.78, 5) is 13.3. The van der Waals surface area contributed by atoms with Crippen LogP contribution < -0.4 is 0 Å². The maximum Gasteiger partial charge on any atom is 0.410 e. The minimum Gasteiger partial charge on any atom is -0.443 e. The van der Waals surface area contributed by atoms with Crippen molar-refractivity contribution in [2.24, 2.45) is 0 Å². The molecule has 3 nitrogen and oxygen atoms in total. The number of nitrogens with zero attached hydrogens (tertiary/aromatic N) is 1. The van der Waals surface area contributed by atoms with E-state index in [1.54, 1.807) is 4.90 Å². The smallest absolute Gasteiger partial charge is 0.410 e. The average Bonchev–Trinajstić information content (AvgIpc) is 2.68. The predicted octanol–water partition coefficient (Wildman–Crippen LogP) is 3.04. The highest BCUT2D eigenvalue weighted by atomic mass is 19.3. The largest absolute Gasteiger partial charge is 0.443 e. The topological polar surface area (TPSA) is 29.5 Å². The van der Waals surface area contributed by atoms with Crippen molar-refractivity contribution in [3.05, 3.63) is 0 Å². The third-order valence-corrected chi connectivity index (χ3v) is 3.11. The minimum absolute atomic E-state index is 0.148. The standard InChI is InChI=1S/C11H19F2NO2/c1-3-8-5-6-9(4-2)14(8)11(15)16-7-10(12)13/h8-10H,3-7H2,1-2H3. The molecule has 0 radical (unpaired) electrons. The molecule has 1 saturated heterocycles. The molecule has 94 valence electrons. The normalized spacial score (nSPS) is 25.2. The lowest BCUT2D eigenvalue weighted by Gasteiger charge is -2.28. The number of carbonyl (C=O) groups excluding carboxylic acids is 1. The molecule has 1 heterocycles. The van der Waals surface area contributed by atoms with Gasteiger partial charge in [0.15, 0.2) is 6.61 Å². The number of halogens is 2. The number of rotatable bonds is 4. The summed E-state index contributed by atoms with van der Waals surface area (Å²) in [6, 6.07) is 0.297. The summed E-state index contributed by atoms with van der Waals surface area (Å²) < 4.78 is 28.5. The van der Waals surface area contributed by atoms with Crippen molar-refractivity contribution in [1.29, 1.82) is 0 Å². The molecule has 0 spiro atoms. The maximum absolute atomic E-state index is 11.9. The van der Waals surface area contributed by atoms with Crippen LogP contribution in [0.5, 0.6) is 0 Å². The highest BCUT2D eigenvalue weighted by Crippen LogP contribution is 2.28. The van der Waals surface area contributed by atoms with Crippen molar-refractivity contribution >= 4 is 6.09 Å². The molecule has 0 bridgehead atoms. The van der Waals surface area contributed by atoms with E-state index in [0.717, 1.165) is 25.7 Å². The molecule has 0 aromatic heterocycles. The summed E-state index contributed by atoms with van der Waals surface area (Å²) in [6.45, 7) is 3.19. The molecule has 0 N–H and O–H groups in total. The van der Waals surface area contributed by atoms with Crippen LogP contribution in [0, 0.1) is 0 Å². The summed E-state index contributed by atoms with van der Waals surface area (Å²) in [5, 5.41) is 0. The van der Waals surface area contributed by atoms with Crippen LogP contribution in [0.15, 0.2) is 0 Å². The van der Waals surface area contributed by atoms with E-state index >= 15 is 0 Å². The van der Waals surface area contributed by atoms with Gasteiger partial charge in [0.25, 0.3) is 6.43 Å². The lowest BCUT2D eigenvalue weighted by atomic mass is 10.1. The van der Waals surface area contributed by atoms with Gasteiger partial charge >= 0.3 is 6.09 Å². The Morgan fingerprint density at radius 3 is 2.19 bits per heavy atom. The Balaban J connectivity index is 2.55. The highest BCUT2D eigenvalue weighted by molar-refractivity contribution is 5.69. The van der Waals surface area contributed by atoms with Crippen LogP contribution in [0.4, 0.5) is 13.6 Å². The van der Waals surface area contributed by atoms with E-state index in [-0.39, 0.29) is 12.1 Å². The zero-order valence-electron chi connectivity index (χ0n) is 9.79. The first kappa shape index (κ1) is 13.2. The third-order valence-electron chi connectivity index (χ3n) is 3.11. The fourth-order valence-electron chi connectivity index (χ4n) is 2.27. The summed E-state index contributed by atoms with van der Waals surface area (Å²) in [5.41, 5.74) is 0. The van der Waals surface area contributed by atoms with Crippen LogP contribution in [-0.2, 0) is 4.74 Å². The first-order chi connectivity index (χ1) is 7.60. The van der Waals surface area contributed by atoms with Gasteiger partial charge < -0.3 is 9.64 Å². The van der Waals surface area contributed by atoms with Crippen molar-refractivity contribution < 1.29 is 18.3 Å². The molecule has 1 aliphatic rings. The first-order valence-corrected chi connectivity index (χ1v) is 5.83. The van der Waals surface area contributed by atoms with Gasteiger partial charge in [0.1, 0.15) is 0 Å². The Labute approximate surface area is 94.7 Å². The van der Waals surface area contributed by atoms with Gasteiger partial charge in [-0.1, -0.05) is 13.8 Å². The van der Waals surface area contributed by atoms with Crippen LogP contribution in [-0.4, -0.2) is 36.1 Å². The van der Waals surface area contributed by atoms with Gasteiger partial charge in [-0.05, 0) is 25.7 Å². The van der Waals surface area contributed by atoms with Crippen LogP contribution >= 0.6 is 0 Å². The first-order valence-electron chi connectivity index (χ1n) is 5.83. The lowest BCUT2D eigenvalue weighted by Crippen LogP contribution is -2.41. The van der Waals surface area contributed by atoms with E-state index in [1.165, 1.54) is 0 Å². The zero-order valence-corrected chi connectivity index (χ0v) is 9.79. The summed E-state index contributed by atoms with van der Waals surface area (Å²) in [7, 11) is 0. The minimum atomic E-state index is -2.59. The Kier molecular flexibility index (Phi) is 4.96. The van der Waals surface area contributed by atoms with E-state index in [9.17, 15) is 13.6 Å². The molecule has 0 aromatic rings. The van der Waals surface area contributed by atoms with E-state index < -0.39 is 19.1 Å². The van der Waals surface area contributed by atoms with Gasteiger partial charge in [0.2, 0.25) is 0 Å². The van der Waals surface area contributed by atoms with E-state index in [0.29, 0.717) is 0 Å². The van der Waals surface area contributed by atoms with Crippen LogP contribution in [0.1, 0.15) is 39.5 Å². The highest BCUT2D eigenvalue weighted by Gasteiger charge is 2.35. The Morgan fingerprint density at radius 1 is 1.31 bits per heavy atom. The molecule has 2 unspecified atom stereocenters. The molecule has 1 aliphatic heterocycles. The van der Waals surface area contributed by atoms with Gasteiger partial charge in [0, 0.05) is 12.1 Å². The number of carbonyl (C=O) groups is 1. The number of alkyl halides is 2. The van der Waals surface area contributed by atoms with Crippen molar-refractivity contribution in [2.75, 3.05) is 6.61 Å². The maximum atomic E-state index is 11.9. The van der Waals surface area contributed by atoms with Crippen molar-refractivity contribution in [3.63, 3.8) is 0 Å². The van der Waals surface area contributed by atoms with Crippen molar-refractivity contribution in [1.82, 2.24) is 4.90 Å². The second-order valence-electron chi connectivity index (χ2n) is 4.08. The van der Waals surface area contributed by atoms with Gasteiger partial charge in [-0.3, -0.25) is 0 Å². The third kappa shape index (κ3) is 3.06. The van der Waals surface area contributed by atoms with E-state index in [1.807, 2.05) is 13.8 Å². The van der Waals surface area contributed by atoms with E-state index in [4.69, 9.17) is 0 Å². The van der Waals surface area contributed by atoms with Gasteiger partial charge in [-0.2, -0.15) is 0 Å². The van der Waals surface area contributed by atoms with E-state index in [2.05, 4.69) is 4.74 Å². The molecular formula is C11H19F2NO2. The fourth-order valence-corrected chi connectivity index (χ4v) is 2.27. The Hall–Kier alpha value is -0.870. The number of hydrogen-bond donors (Lipinski definition) is 0. The predicted molar refractivity (Wildman–Crippen MR) is 56.6 cm³/mol. The molecule has 0 aliphatic carbocycles. The molecule has 1 fully saturated rings. The summed E-state index contributed by atoms with van der Waals surface area (Å²) >= 11 is 0. The summed E-state index contributed by atoms with van der Waals surface area (Å²) in [5.74, 6) is 0. The molecule has 0 saturated carbocycles. The fraction of sp³-hybridized carbons (Fsp3) is 0.909. The number of likely N-dealkylation sites (tertiary alicyclic amines) is 1. The second kappa shape index (κ2) is 6.01. The molecule has 1 rings (SSSR count). The SMILES string of the molecule is CCC1CCC(CC)N1C(=O)OCC(F)F. The lowest BCUT2D eigenvalue weighted by molar-refractivity contribution is 0.0237. The van der Waals surface area contributed by atoms with Crippen LogP contribution in [0.3, 0.4) is 0 Å². The Bertz CT molecular complexity index is 224. The van der Waals surface area contributed by atoms with Gasteiger partial charge in [-0.25, -0.2) is 13.6 Å². The zero-order chi connectivity index (χ0) is 12.1. The number of ether oxygens (including phenoxy) is 1. The van der Waals surface area contributed by atoms with Crippen LogP contribution in [0.25, 0.3) is 0 Å². The number of amides is 1. The second-order valence-corrected chi connectivity index (χ2v) is 4.08. The molecule has 5 heteroatoms.